The average molecular weight is 607 g/mol. The number of nitrogens with zero attached hydrogens (tertiary/aromatic N) is 4. The first kappa shape index (κ1) is 30.5. The Labute approximate surface area is 259 Å². The largest absolute Gasteiger partial charge is 0.497 e. The zero-order valence-corrected chi connectivity index (χ0v) is 24.9. The Balaban J connectivity index is 1.39. The summed E-state index contributed by atoms with van der Waals surface area (Å²) in [5, 5.41) is 8.89. The molecular formula is C33H30N6O6. The lowest BCUT2D eigenvalue weighted by molar-refractivity contribution is -0.134. The number of hydrogen-bond acceptors (Lipinski definition) is 8. The fraction of sp³-hybridized carbons (Fsp3) is 0.212. The van der Waals surface area contributed by atoms with Crippen molar-refractivity contribution in [1.82, 2.24) is 30.3 Å². The van der Waals surface area contributed by atoms with E-state index in [9.17, 15) is 19.2 Å². The molecule has 0 radical (unpaired) electrons. The molecule has 1 atom stereocenters. The van der Waals surface area contributed by atoms with E-state index in [1.54, 1.807) is 71.2 Å². The Morgan fingerprint density at radius 3 is 2.60 bits per heavy atom. The molecule has 0 fully saturated rings. The first-order chi connectivity index (χ1) is 21.8. The van der Waals surface area contributed by atoms with Crippen LogP contribution in [0.3, 0.4) is 0 Å². The zero-order valence-electron chi connectivity index (χ0n) is 24.9. The maximum absolute atomic E-state index is 13.1. The maximum atomic E-state index is 13.1. The molecule has 12 heteroatoms. The molecule has 0 bridgehead atoms. The van der Waals surface area contributed by atoms with Crippen molar-refractivity contribution in [2.75, 3.05) is 13.7 Å². The number of ether oxygens (including phenoxy) is 2. The number of aryl methyl sites for hydroxylation is 1. The summed E-state index contributed by atoms with van der Waals surface area (Å²) < 4.78 is 12.5. The van der Waals surface area contributed by atoms with E-state index in [0.29, 0.717) is 46.1 Å². The van der Waals surface area contributed by atoms with Gasteiger partial charge in [-0.1, -0.05) is 37.0 Å². The van der Waals surface area contributed by atoms with Crippen molar-refractivity contribution < 1.29 is 28.7 Å². The van der Waals surface area contributed by atoms with E-state index < -0.39 is 12.1 Å². The minimum atomic E-state index is -0.789. The number of rotatable bonds is 9. The van der Waals surface area contributed by atoms with Gasteiger partial charge in [-0.05, 0) is 42.0 Å². The Kier molecular flexibility index (Phi) is 9.19. The number of amides is 4. The second-order valence-electron chi connectivity index (χ2n) is 10.1. The maximum Gasteiger partial charge on any atom is 0.322 e. The highest BCUT2D eigenvalue weighted by Crippen LogP contribution is 2.32. The lowest BCUT2D eigenvalue weighted by Crippen LogP contribution is -2.46. The van der Waals surface area contributed by atoms with Gasteiger partial charge in [0.1, 0.15) is 17.5 Å². The third-order valence-electron chi connectivity index (χ3n) is 7.01. The zero-order chi connectivity index (χ0) is 31.9. The van der Waals surface area contributed by atoms with Gasteiger partial charge in [-0.25, -0.2) is 9.78 Å². The molecule has 45 heavy (non-hydrogen) atoms. The Bertz CT molecular complexity index is 1820. The van der Waals surface area contributed by atoms with Gasteiger partial charge in [-0.15, -0.1) is 0 Å². The van der Waals surface area contributed by atoms with Gasteiger partial charge < -0.3 is 19.7 Å². The summed E-state index contributed by atoms with van der Waals surface area (Å²) in [6.45, 7) is 2.15. The summed E-state index contributed by atoms with van der Waals surface area (Å²) in [5.41, 5.74) is 4.64. The van der Waals surface area contributed by atoms with E-state index in [4.69, 9.17) is 14.5 Å². The van der Waals surface area contributed by atoms with Crippen molar-refractivity contribution in [3.05, 3.63) is 83.7 Å². The molecule has 5 rings (SSSR count). The van der Waals surface area contributed by atoms with E-state index in [2.05, 4.69) is 22.3 Å². The number of nitrogens with one attached hydrogen (secondary N) is 2. The molecule has 0 saturated heterocycles. The quantitative estimate of drug-likeness (QED) is 0.168. The van der Waals surface area contributed by atoms with Gasteiger partial charge >= 0.3 is 12.0 Å². The van der Waals surface area contributed by atoms with Gasteiger partial charge in [0, 0.05) is 48.5 Å². The highest BCUT2D eigenvalue weighted by atomic mass is 16.5. The van der Waals surface area contributed by atoms with Gasteiger partial charge in [0.2, 0.25) is 6.41 Å². The predicted octanol–water partition coefficient (Wildman–Crippen LogP) is 3.30. The van der Waals surface area contributed by atoms with E-state index in [-0.39, 0.29) is 31.3 Å². The molecule has 2 aromatic carbocycles. The summed E-state index contributed by atoms with van der Waals surface area (Å²) in [5.74, 6) is 6.35. The monoisotopic (exact) mass is 606 g/mol. The molecule has 0 saturated carbocycles. The van der Waals surface area contributed by atoms with Crippen LogP contribution < -0.4 is 20.1 Å². The van der Waals surface area contributed by atoms with Crippen LogP contribution in [0.1, 0.15) is 34.8 Å². The van der Waals surface area contributed by atoms with Crippen LogP contribution in [0.5, 0.6) is 11.5 Å². The highest BCUT2D eigenvalue weighted by Gasteiger charge is 2.29. The number of carbonyl (C=O) groups is 4. The minimum Gasteiger partial charge on any atom is -0.497 e. The van der Waals surface area contributed by atoms with E-state index in [0.717, 1.165) is 11.1 Å². The number of fused-ring (bicyclic) bond motifs is 1. The predicted molar refractivity (Wildman–Crippen MR) is 164 cm³/mol. The van der Waals surface area contributed by atoms with E-state index >= 15 is 0 Å². The highest BCUT2D eigenvalue weighted by molar-refractivity contribution is 5.98. The molecule has 0 spiro atoms. The Morgan fingerprint density at radius 2 is 1.91 bits per heavy atom. The van der Waals surface area contributed by atoms with Crippen molar-refractivity contribution in [2.45, 2.75) is 25.9 Å². The van der Waals surface area contributed by atoms with Gasteiger partial charge in [0.25, 0.3) is 5.91 Å². The van der Waals surface area contributed by atoms with Crippen molar-refractivity contribution in [2.24, 2.45) is 7.05 Å². The van der Waals surface area contributed by atoms with Crippen LogP contribution in [-0.4, -0.2) is 63.7 Å². The summed E-state index contributed by atoms with van der Waals surface area (Å²) in [4.78, 5) is 54.5. The van der Waals surface area contributed by atoms with E-state index in [1.807, 2.05) is 24.6 Å². The van der Waals surface area contributed by atoms with Crippen molar-refractivity contribution in [3.63, 3.8) is 0 Å². The average Bonchev–Trinajstić information content (AvgIpc) is 3.62. The van der Waals surface area contributed by atoms with Crippen molar-refractivity contribution in [1.29, 1.82) is 0 Å². The molecule has 12 nitrogen and oxygen atoms in total. The van der Waals surface area contributed by atoms with Crippen LogP contribution in [0.4, 0.5) is 4.79 Å². The number of carbonyl (C=O) groups excluding carboxylic acids is 4. The Morgan fingerprint density at radius 1 is 1.11 bits per heavy atom. The Hall–Kier alpha value is -5.96. The van der Waals surface area contributed by atoms with Crippen LogP contribution >= 0.6 is 0 Å². The van der Waals surface area contributed by atoms with Gasteiger partial charge in [0.05, 0.1) is 25.5 Å². The summed E-state index contributed by atoms with van der Waals surface area (Å²) in [6, 6.07) is 14.4. The number of hydrogen-bond donors (Lipinski definition) is 2. The fourth-order valence-electron chi connectivity index (χ4n) is 4.74. The lowest BCUT2D eigenvalue weighted by atomic mass is 10.1. The summed E-state index contributed by atoms with van der Waals surface area (Å²) in [7, 11) is 3.35. The number of methoxy groups -OCH3 is 1. The third kappa shape index (κ3) is 7.17. The topological polar surface area (TPSA) is 145 Å². The van der Waals surface area contributed by atoms with Crippen LogP contribution in [-0.2, 0) is 23.2 Å². The van der Waals surface area contributed by atoms with Gasteiger partial charge in [-0.2, -0.15) is 5.10 Å². The normalized spacial score (nSPS) is 12.4. The first-order valence-electron chi connectivity index (χ1n) is 14.1. The van der Waals surface area contributed by atoms with Crippen LogP contribution in [0, 0.1) is 11.8 Å². The van der Waals surface area contributed by atoms with Crippen molar-refractivity contribution in [3.8, 4) is 45.9 Å². The summed E-state index contributed by atoms with van der Waals surface area (Å²) >= 11 is 0. The molecular weight excluding hydrogens is 576 g/mol. The number of imide groups is 1. The second kappa shape index (κ2) is 13.6. The molecule has 2 N–H and O–H groups in total. The van der Waals surface area contributed by atoms with Crippen LogP contribution in [0.2, 0.25) is 0 Å². The molecule has 1 aliphatic heterocycles. The smallest absolute Gasteiger partial charge is 0.322 e. The lowest BCUT2D eigenvalue weighted by Gasteiger charge is -2.21. The van der Waals surface area contributed by atoms with Gasteiger partial charge in [0.15, 0.2) is 5.75 Å². The number of urea groups is 1. The molecule has 4 aromatic rings. The van der Waals surface area contributed by atoms with Crippen LogP contribution in [0.15, 0.2) is 67.0 Å². The number of esters is 1. The molecule has 2 aromatic heterocycles. The second-order valence-corrected chi connectivity index (χ2v) is 10.1. The SMILES string of the molecule is CCC(=O)Oc1ccc(-c2cnn(C)c2)nc1-c1ccc(C#C[C@H](CN2Cc3ccc(OC)cc3C2=O)NC(=O)NC=O)cc1. The standard InChI is InChI=1S/C33H30N6O6/c1-4-30(41)45-29-14-13-28(24-16-35-38(2)17-24)37-31(29)22-8-5-21(6-9-22)7-11-25(36-33(43)34-20-40)19-39-18-23-10-12-26(44-3)15-27(23)32(39)42/h5-6,8-10,12-17,20,25H,4,18-19H2,1-3H3,(H2,34,36,40,43)/t25-/m1/s1. The first-order valence-corrected chi connectivity index (χ1v) is 14.1. The van der Waals surface area contributed by atoms with Crippen molar-refractivity contribution >= 4 is 24.3 Å². The fourth-order valence-corrected chi connectivity index (χ4v) is 4.74. The van der Waals surface area contributed by atoms with Crippen LogP contribution in [0.25, 0.3) is 22.5 Å². The summed E-state index contributed by atoms with van der Waals surface area (Å²) in [6.07, 6.45) is 4.02. The number of pyridine rings is 1. The van der Waals surface area contributed by atoms with E-state index in [1.165, 1.54) is 7.11 Å². The third-order valence-corrected chi connectivity index (χ3v) is 7.01. The molecule has 1 aliphatic rings. The van der Waals surface area contributed by atoms with Gasteiger partial charge in [-0.3, -0.25) is 24.4 Å². The molecule has 0 unspecified atom stereocenters. The minimum absolute atomic E-state index is 0.0877. The number of aromatic nitrogens is 3. The number of benzene rings is 2. The molecule has 4 amide bonds. The molecule has 0 aliphatic carbocycles. The molecule has 3 heterocycles. The molecule has 228 valence electrons.